The molecule has 2 aromatic rings. The summed E-state index contributed by atoms with van der Waals surface area (Å²) < 4.78 is 0. The van der Waals surface area contributed by atoms with Gasteiger partial charge in [-0.05, 0) is 47.7 Å². The minimum absolute atomic E-state index is 0.0888. The summed E-state index contributed by atoms with van der Waals surface area (Å²) >= 11 is 12.2. The molecule has 1 nitrogen and oxygen atoms in total. The fourth-order valence-corrected chi connectivity index (χ4v) is 3.16. The van der Waals surface area contributed by atoms with Crippen LogP contribution in [0.3, 0.4) is 0 Å². The quantitative estimate of drug-likeness (QED) is 0.901. The lowest BCUT2D eigenvalue weighted by molar-refractivity contribution is 0.480. The Bertz CT molecular complexity index is 609. The molecule has 3 rings (SSSR count). The highest BCUT2D eigenvalue weighted by molar-refractivity contribution is 6.33. The van der Waals surface area contributed by atoms with E-state index in [2.05, 4.69) is 24.3 Å². The average Bonchev–Trinajstić information content (AvgIpc) is 2.35. The van der Waals surface area contributed by atoms with E-state index in [0.717, 1.165) is 23.4 Å². The molecule has 0 bridgehead atoms. The van der Waals surface area contributed by atoms with Gasteiger partial charge in [-0.15, -0.1) is 0 Å². The fourth-order valence-electron chi connectivity index (χ4n) is 2.78. The van der Waals surface area contributed by atoms with Gasteiger partial charge in [-0.1, -0.05) is 47.5 Å². The van der Waals surface area contributed by atoms with Crippen LogP contribution >= 0.6 is 23.2 Å². The van der Waals surface area contributed by atoms with Crippen LogP contribution in [0.25, 0.3) is 0 Å². The zero-order valence-corrected chi connectivity index (χ0v) is 12.0. The monoisotopic (exact) mass is 291 g/mol. The van der Waals surface area contributed by atoms with Gasteiger partial charge in [0.15, 0.2) is 0 Å². The highest BCUT2D eigenvalue weighted by Crippen LogP contribution is 2.38. The van der Waals surface area contributed by atoms with Crippen LogP contribution in [-0.4, -0.2) is 6.04 Å². The number of hydrogen-bond acceptors (Lipinski definition) is 1. The maximum absolute atomic E-state index is 6.34. The van der Waals surface area contributed by atoms with E-state index < -0.39 is 0 Å². The number of benzene rings is 2. The first kappa shape index (κ1) is 13.0. The summed E-state index contributed by atoms with van der Waals surface area (Å²) in [7, 11) is 0. The van der Waals surface area contributed by atoms with Crippen molar-refractivity contribution in [1.29, 1.82) is 0 Å². The van der Waals surface area contributed by atoms with Gasteiger partial charge in [-0.3, -0.25) is 0 Å². The fraction of sp³-hybridized carbons (Fsp3) is 0.250. The highest BCUT2D eigenvalue weighted by atomic mass is 35.5. The van der Waals surface area contributed by atoms with Gasteiger partial charge in [0.25, 0.3) is 0 Å². The van der Waals surface area contributed by atoms with Crippen LogP contribution in [0.5, 0.6) is 0 Å². The molecule has 19 heavy (non-hydrogen) atoms. The van der Waals surface area contributed by atoms with E-state index in [1.165, 1.54) is 11.1 Å². The summed E-state index contributed by atoms with van der Waals surface area (Å²) in [5.74, 6) is 0.436. The van der Waals surface area contributed by atoms with Crippen LogP contribution in [0.2, 0.25) is 10.0 Å². The lowest BCUT2D eigenvalue weighted by Crippen LogP contribution is -2.37. The van der Waals surface area contributed by atoms with E-state index >= 15 is 0 Å². The second-order valence-electron chi connectivity index (χ2n) is 5.11. The van der Waals surface area contributed by atoms with Gasteiger partial charge in [-0.25, -0.2) is 0 Å². The van der Waals surface area contributed by atoms with Gasteiger partial charge in [0, 0.05) is 22.0 Å². The Morgan fingerprint density at radius 2 is 1.95 bits per heavy atom. The van der Waals surface area contributed by atoms with E-state index in [4.69, 9.17) is 28.9 Å². The molecule has 0 heterocycles. The number of nitrogens with two attached hydrogens (primary N) is 1. The van der Waals surface area contributed by atoms with Crippen molar-refractivity contribution in [2.45, 2.75) is 24.8 Å². The maximum Gasteiger partial charge on any atom is 0.0439 e. The van der Waals surface area contributed by atoms with Crippen molar-refractivity contribution >= 4 is 23.2 Å². The molecule has 0 aliphatic heterocycles. The lowest BCUT2D eigenvalue weighted by atomic mass is 9.72. The average molecular weight is 292 g/mol. The molecule has 0 aromatic heterocycles. The zero-order chi connectivity index (χ0) is 13.4. The highest BCUT2D eigenvalue weighted by Gasteiger charge is 2.30. The third kappa shape index (κ3) is 2.51. The largest absolute Gasteiger partial charge is 0.327 e. The van der Waals surface area contributed by atoms with Crippen LogP contribution in [0, 0.1) is 0 Å². The maximum atomic E-state index is 6.34. The van der Waals surface area contributed by atoms with Crippen molar-refractivity contribution in [3.8, 4) is 0 Å². The Balaban J connectivity index is 1.76. The molecule has 2 aromatic carbocycles. The van der Waals surface area contributed by atoms with E-state index in [1.54, 1.807) is 6.07 Å². The number of halogens is 2. The Labute approximate surface area is 123 Å². The van der Waals surface area contributed by atoms with Crippen LogP contribution < -0.4 is 5.73 Å². The molecular weight excluding hydrogens is 277 g/mol. The number of rotatable bonds is 3. The smallest absolute Gasteiger partial charge is 0.0439 e. The number of fused-ring (bicyclic) bond motifs is 1. The standard InChI is InChI=1S/C16H15Cl2N/c17-12-5-6-15(18)11(7-12)9-16(19)14-8-10-3-1-2-4-13(10)14/h1-7,14,16H,8-9,19H2. The van der Waals surface area contributed by atoms with Crippen LogP contribution in [-0.2, 0) is 12.8 Å². The molecule has 98 valence electrons. The van der Waals surface area contributed by atoms with Gasteiger partial charge in [-0.2, -0.15) is 0 Å². The Morgan fingerprint density at radius 3 is 2.74 bits per heavy atom. The third-order valence-electron chi connectivity index (χ3n) is 3.87. The van der Waals surface area contributed by atoms with Gasteiger partial charge in [0.1, 0.15) is 0 Å². The normalized spacial score (nSPS) is 18.6. The van der Waals surface area contributed by atoms with Crippen LogP contribution in [0.4, 0.5) is 0 Å². The van der Waals surface area contributed by atoms with Gasteiger partial charge >= 0.3 is 0 Å². The van der Waals surface area contributed by atoms with Crippen molar-refractivity contribution in [3.63, 3.8) is 0 Å². The van der Waals surface area contributed by atoms with Crippen molar-refractivity contribution in [2.24, 2.45) is 5.73 Å². The van der Waals surface area contributed by atoms with Gasteiger partial charge < -0.3 is 5.73 Å². The third-order valence-corrected chi connectivity index (χ3v) is 4.48. The SMILES string of the molecule is NC(Cc1cc(Cl)ccc1Cl)C1Cc2ccccc21. The van der Waals surface area contributed by atoms with Gasteiger partial charge in [0.05, 0.1) is 0 Å². The van der Waals surface area contributed by atoms with Crippen molar-refractivity contribution in [1.82, 2.24) is 0 Å². The van der Waals surface area contributed by atoms with E-state index in [9.17, 15) is 0 Å². The molecule has 0 amide bonds. The Hall–Kier alpha value is -1.02. The first-order valence-electron chi connectivity index (χ1n) is 6.42. The molecule has 3 heteroatoms. The molecule has 2 atom stereocenters. The second-order valence-corrected chi connectivity index (χ2v) is 5.96. The summed E-state index contributed by atoms with van der Waals surface area (Å²) in [6, 6.07) is 14.1. The summed E-state index contributed by atoms with van der Waals surface area (Å²) in [6.07, 6.45) is 1.83. The van der Waals surface area contributed by atoms with Gasteiger partial charge in [0.2, 0.25) is 0 Å². The molecule has 0 radical (unpaired) electrons. The predicted molar refractivity (Wildman–Crippen MR) is 81.0 cm³/mol. The van der Waals surface area contributed by atoms with Crippen molar-refractivity contribution in [3.05, 3.63) is 69.2 Å². The molecule has 2 N–H and O–H groups in total. The lowest BCUT2D eigenvalue weighted by Gasteiger charge is -2.34. The Kier molecular flexibility index (Phi) is 3.53. The summed E-state index contributed by atoms with van der Waals surface area (Å²) in [5.41, 5.74) is 10.2. The predicted octanol–water partition coefficient (Wildman–Crippen LogP) is 4.20. The van der Waals surface area contributed by atoms with Crippen molar-refractivity contribution in [2.75, 3.05) is 0 Å². The summed E-state index contributed by atoms with van der Waals surface area (Å²) in [6.45, 7) is 0. The second kappa shape index (κ2) is 5.16. The summed E-state index contributed by atoms with van der Waals surface area (Å²) in [5, 5.41) is 1.45. The summed E-state index contributed by atoms with van der Waals surface area (Å²) in [4.78, 5) is 0. The number of hydrogen-bond donors (Lipinski definition) is 1. The van der Waals surface area contributed by atoms with Crippen LogP contribution in [0.1, 0.15) is 22.6 Å². The zero-order valence-electron chi connectivity index (χ0n) is 10.4. The molecule has 0 saturated heterocycles. The van der Waals surface area contributed by atoms with Crippen molar-refractivity contribution < 1.29 is 0 Å². The van der Waals surface area contributed by atoms with E-state index in [-0.39, 0.29) is 6.04 Å². The molecule has 1 aliphatic rings. The molecule has 2 unspecified atom stereocenters. The molecule has 1 aliphatic carbocycles. The Morgan fingerprint density at radius 1 is 1.16 bits per heavy atom. The molecule has 0 fully saturated rings. The molecular formula is C16H15Cl2N. The minimum Gasteiger partial charge on any atom is -0.327 e. The van der Waals surface area contributed by atoms with Crippen LogP contribution in [0.15, 0.2) is 42.5 Å². The van der Waals surface area contributed by atoms with E-state index in [0.29, 0.717) is 10.9 Å². The molecule has 0 spiro atoms. The first-order chi connectivity index (χ1) is 9.15. The molecule has 0 saturated carbocycles. The van der Waals surface area contributed by atoms with E-state index in [1.807, 2.05) is 12.1 Å². The minimum atomic E-state index is 0.0888. The topological polar surface area (TPSA) is 26.0 Å². The first-order valence-corrected chi connectivity index (χ1v) is 7.18.